The fourth-order valence-corrected chi connectivity index (χ4v) is 2.22. The molecule has 0 aliphatic carbocycles. The molecule has 18 heavy (non-hydrogen) atoms. The molecule has 1 aromatic carbocycles. The zero-order valence-electron chi connectivity index (χ0n) is 10.7. The number of hydrogen-bond acceptors (Lipinski definition) is 2. The van der Waals surface area contributed by atoms with Gasteiger partial charge in [-0.3, -0.25) is 0 Å². The number of para-hydroxylation sites is 1. The summed E-state index contributed by atoms with van der Waals surface area (Å²) >= 11 is 3.40. The number of nitrogens with zero attached hydrogens (tertiary/aromatic N) is 1. The highest BCUT2D eigenvalue weighted by Gasteiger charge is 2.06. The number of rotatable bonds is 4. The van der Waals surface area contributed by atoms with Gasteiger partial charge >= 0.3 is 0 Å². The number of aromatic nitrogens is 1. The van der Waals surface area contributed by atoms with E-state index in [4.69, 9.17) is 0 Å². The van der Waals surface area contributed by atoms with Crippen LogP contribution in [0.15, 0.2) is 41.0 Å². The van der Waals surface area contributed by atoms with Gasteiger partial charge in [0, 0.05) is 16.4 Å². The summed E-state index contributed by atoms with van der Waals surface area (Å²) in [6, 6.07) is 10.4. The Kier molecular flexibility index (Phi) is 4.37. The van der Waals surface area contributed by atoms with Gasteiger partial charge in [-0.1, -0.05) is 32.0 Å². The lowest BCUT2D eigenvalue weighted by atomic mass is 10.0. The van der Waals surface area contributed by atoms with Gasteiger partial charge in [-0.2, -0.15) is 0 Å². The number of benzene rings is 1. The molecule has 2 nitrogen and oxygen atoms in total. The van der Waals surface area contributed by atoms with Crippen LogP contribution in [0.3, 0.4) is 0 Å². The lowest BCUT2D eigenvalue weighted by Gasteiger charge is -2.14. The molecule has 1 N–H and O–H groups in total. The Hall–Kier alpha value is -1.35. The van der Waals surface area contributed by atoms with E-state index in [2.05, 4.69) is 58.3 Å². The quantitative estimate of drug-likeness (QED) is 0.884. The van der Waals surface area contributed by atoms with Crippen LogP contribution in [0.4, 0.5) is 11.5 Å². The van der Waals surface area contributed by atoms with E-state index in [1.807, 2.05) is 18.3 Å². The van der Waals surface area contributed by atoms with Gasteiger partial charge in [-0.15, -0.1) is 0 Å². The van der Waals surface area contributed by atoms with Crippen molar-refractivity contribution in [2.45, 2.75) is 26.7 Å². The third-order valence-electron chi connectivity index (χ3n) is 2.98. The summed E-state index contributed by atoms with van der Waals surface area (Å²) in [4.78, 5) is 4.37. The van der Waals surface area contributed by atoms with E-state index in [-0.39, 0.29) is 0 Å². The zero-order valence-corrected chi connectivity index (χ0v) is 12.3. The van der Waals surface area contributed by atoms with Crippen LogP contribution in [0, 0.1) is 0 Å². The van der Waals surface area contributed by atoms with Gasteiger partial charge in [-0.05, 0) is 52.0 Å². The van der Waals surface area contributed by atoms with Gasteiger partial charge in [0.1, 0.15) is 5.82 Å². The van der Waals surface area contributed by atoms with E-state index in [9.17, 15) is 0 Å². The molecule has 94 valence electrons. The standard InChI is InChI=1S/C15H17BrN2/c1-3-11-6-5-7-12(4-2)15(11)18-14-9-8-13(16)10-17-14/h5-10H,3-4H2,1-2H3,(H,17,18). The molecule has 0 saturated heterocycles. The van der Waals surface area contributed by atoms with E-state index >= 15 is 0 Å². The summed E-state index contributed by atoms with van der Waals surface area (Å²) in [7, 11) is 0. The van der Waals surface area contributed by atoms with Crippen molar-refractivity contribution >= 4 is 27.4 Å². The topological polar surface area (TPSA) is 24.9 Å². The first kappa shape index (κ1) is 13.1. The van der Waals surface area contributed by atoms with Crippen molar-refractivity contribution in [2.75, 3.05) is 5.32 Å². The van der Waals surface area contributed by atoms with Crippen LogP contribution in [-0.4, -0.2) is 4.98 Å². The molecule has 0 fully saturated rings. The minimum atomic E-state index is 0.883. The first-order valence-corrected chi connectivity index (χ1v) is 7.03. The van der Waals surface area contributed by atoms with Gasteiger partial charge in [-0.25, -0.2) is 4.98 Å². The Balaban J connectivity index is 2.35. The maximum absolute atomic E-state index is 4.37. The second-order valence-electron chi connectivity index (χ2n) is 4.15. The molecule has 0 spiro atoms. The maximum Gasteiger partial charge on any atom is 0.130 e. The number of pyridine rings is 1. The zero-order chi connectivity index (χ0) is 13.0. The van der Waals surface area contributed by atoms with E-state index in [1.54, 1.807) is 0 Å². The molecular weight excluding hydrogens is 288 g/mol. The summed E-state index contributed by atoms with van der Waals surface area (Å²) in [5.74, 6) is 0.883. The molecule has 1 aromatic heterocycles. The minimum absolute atomic E-state index is 0.883. The molecule has 0 radical (unpaired) electrons. The molecule has 3 heteroatoms. The predicted molar refractivity (Wildman–Crippen MR) is 80.4 cm³/mol. The maximum atomic E-state index is 4.37. The second-order valence-corrected chi connectivity index (χ2v) is 5.06. The van der Waals surface area contributed by atoms with Crippen molar-refractivity contribution in [1.29, 1.82) is 0 Å². The highest BCUT2D eigenvalue weighted by Crippen LogP contribution is 2.26. The summed E-state index contributed by atoms with van der Waals surface area (Å²) in [6.07, 6.45) is 3.85. The number of nitrogens with one attached hydrogen (secondary N) is 1. The van der Waals surface area contributed by atoms with Gasteiger partial charge in [0.2, 0.25) is 0 Å². The molecule has 0 aliphatic rings. The van der Waals surface area contributed by atoms with Crippen molar-refractivity contribution in [3.05, 3.63) is 52.1 Å². The van der Waals surface area contributed by atoms with Crippen LogP contribution in [0.5, 0.6) is 0 Å². The first-order valence-electron chi connectivity index (χ1n) is 6.24. The highest BCUT2D eigenvalue weighted by atomic mass is 79.9. The summed E-state index contributed by atoms with van der Waals surface area (Å²) in [5.41, 5.74) is 3.87. The van der Waals surface area contributed by atoms with Gasteiger partial charge in [0.05, 0.1) is 0 Å². The molecule has 0 saturated carbocycles. The largest absolute Gasteiger partial charge is 0.340 e. The van der Waals surface area contributed by atoms with Gasteiger partial charge in [0.15, 0.2) is 0 Å². The van der Waals surface area contributed by atoms with Crippen molar-refractivity contribution in [2.24, 2.45) is 0 Å². The van der Waals surface area contributed by atoms with E-state index in [1.165, 1.54) is 16.8 Å². The number of halogens is 1. The van der Waals surface area contributed by atoms with Crippen molar-refractivity contribution in [1.82, 2.24) is 4.98 Å². The van der Waals surface area contributed by atoms with Crippen molar-refractivity contribution in [3.63, 3.8) is 0 Å². The van der Waals surface area contributed by atoms with Crippen LogP contribution in [-0.2, 0) is 12.8 Å². The fourth-order valence-electron chi connectivity index (χ4n) is 1.98. The van der Waals surface area contributed by atoms with Crippen LogP contribution in [0.1, 0.15) is 25.0 Å². The first-order chi connectivity index (χ1) is 8.74. The smallest absolute Gasteiger partial charge is 0.130 e. The number of anilines is 2. The predicted octanol–water partition coefficient (Wildman–Crippen LogP) is 4.71. The molecule has 0 aliphatic heterocycles. The molecule has 2 aromatic rings. The average Bonchev–Trinajstić information content (AvgIpc) is 2.41. The average molecular weight is 305 g/mol. The van der Waals surface area contributed by atoms with Crippen molar-refractivity contribution < 1.29 is 0 Å². The molecule has 2 rings (SSSR count). The second kappa shape index (κ2) is 6.01. The Bertz CT molecular complexity index is 498. The van der Waals surface area contributed by atoms with Crippen LogP contribution in [0.2, 0.25) is 0 Å². The van der Waals surface area contributed by atoms with Crippen molar-refractivity contribution in [3.8, 4) is 0 Å². The monoisotopic (exact) mass is 304 g/mol. The molecular formula is C15H17BrN2. The third kappa shape index (κ3) is 2.91. The SMILES string of the molecule is CCc1cccc(CC)c1Nc1ccc(Br)cn1. The fraction of sp³-hybridized carbons (Fsp3) is 0.267. The van der Waals surface area contributed by atoms with Gasteiger partial charge < -0.3 is 5.32 Å². The van der Waals surface area contributed by atoms with Crippen LogP contribution < -0.4 is 5.32 Å². The molecule has 0 amide bonds. The number of aryl methyl sites for hydroxylation is 2. The van der Waals surface area contributed by atoms with E-state index in [0.717, 1.165) is 23.1 Å². The highest BCUT2D eigenvalue weighted by molar-refractivity contribution is 9.10. The third-order valence-corrected chi connectivity index (χ3v) is 3.45. The molecule has 0 bridgehead atoms. The minimum Gasteiger partial charge on any atom is -0.340 e. The van der Waals surface area contributed by atoms with Gasteiger partial charge in [0.25, 0.3) is 0 Å². The van der Waals surface area contributed by atoms with Crippen LogP contribution in [0.25, 0.3) is 0 Å². The van der Waals surface area contributed by atoms with Crippen LogP contribution >= 0.6 is 15.9 Å². The lowest BCUT2D eigenvalue weighted by molar-refractivity contribution is 1.08. The molecule has 1 heterocycles. The van der Waals surface area contributed by atoms with E-state index < -0.39 is 0 Å². The summed E-state index contributed by atoms with van der Waals surface area (Å²) in [5, 5.41) is 3.44. The number of hydrogen-bond donors (Lipinski definition) is 1. The molecule has 0 unspecified atom stereocenters. The normalized spacial score (nSPS) is 10.4. The van der Waals surface area contributed by atoms with E-state index in [0.29, 0.717) is 0 Å². The lowest BCUT2D eigenvalue weighted by Crippen LogP contribution is -2.01. The molecule has 0 atom stereocenters. The Labute approximate surface area is 117 Å². The summed E-state index contributed by atoms with van der Waals surface area (Å²) in [6.45, 7) is 4.35. The Morgan fingerprint density at radius 2 is 1.72 bits per heavy atom. The Morgan fingerprint density at radius 3 is 2.22 bits per heavy atom. The summed E-state index contributed by atoms with van der Waals surface area (Å²) < 4.78 is 0.993. The Morgan fingerprint density at radius 1 is 1.06 bits per heavy atom.